The van der Waals surface area contributed by atoms with E-state index in [-0.39, 0.29) is 12.1 Å². The van der Waals surface area contributed by atoms with Crippen LogP contribution in [0, 0.1) is 6.92 Å². The highest BCUT2D eigenvalue weighted by atomic mass is 35.5. The molecule has 1 N–H and O–H groups in total. The van der Waals surface area contributed by atoms with Crippen LogP contribution in [0.3, 0.4) is 0 Å². The molecule has 4 heterocycles. The van der Waals surface area contributed by atoms with Crippen molar-refractivity contribution >= 4 is 34.7 Å². The van der Waals surface area contributed by atoms with Gasteiger partial charge < -0.3 is 24.4 Å². The van der Waals surface area contributed by atoms with Gasteiger partial charge in [-0.1, -0.05) is 29.8 Å². The van der Waals surface area contributed by atoms with Crippen molar-refractivity contribution in [2.24, 2.45) is 0 Å². The summed E-state index contributed by atoms with van der Waals surface area (Å²) in [6.45, 7) is 4.45. The number of aryl methyl sites for hydroxylation is 1. The molecule has 0 bridgehead atoms. The maximum Gasteiger partial charge on any atom is 0.322 e. The second-order valence-corrected chi connectivity index (χ2v) is 11.3. The monoisotopic (exact) mass is 532 g/mol. The van der Waals surface area contributed by atoms with E-state index < -0.39 is 0 Å². The van der Waals surface area contributed by atoms with Gasteiger partial charge in [0.05, 0.1) is 25.4 Å². The highest BCUT2D eigenvalue weighted by Gasteiger charge is 2.36. The molecule has 8 heteroatoms. The lowest BCUT2D eigenvalue weighted by molar-refractivity contribution is 0.194. The molecule has 2 aromatic heterocycles. The molecule has 37 heavy (non-hydrogen) atoms. The average Bonchev–Trinajstić information content (AvgIpc) is 3.47. The van der Waals surface area contributed by atoms with Crippen molar-refractivity contribution in [3.8, 4) is 10.8 Å². The third-order valence-corrected chi connectivity index (χ3v) is 8.86. The van der Waals surface area contributed by atoms with Crippen molar-refractivity contribution in [1.82, 2.24) is 14.4 Å². The average molecular weight is 533 g/mol. The van der Waals surface area contributed by atoms with Crippen LogP contribution in [0.4, 0.5) is 10.5 Å². The third-order valence-electron chi connectivity index (χ3n) is 7.37. The fourth-order valence-corrected chi connectivity index (χ4v) is 7.04. The molecule has 0 spiro atoms. The minimum absolute atomic E-state index is 0.160. The van der Waals surface area contributed by atoms with E-state index in [1.807, 2.05) is 59.6 Å². The van der Waals surface area contributed by atoms with E-state index in [0.29, 0.717) is 11.6 Å². The van der Waals surface area contributed by atoms with E-state index in [2.05, 4.69) is 46.2 Å². The number of aromatic nitrogens is 1. The molecule has 4 aromatic rings. The first-order valence-electron chi connectivity index (χ1n) is 12.4. The SMILES string of the molecule is COc1cccc(C2c3cccn3-c3sc4c(c3CN2C(=O)Nc2cc(Cl)ccc2C)CCN(C)C4)c1. The fraction of sp³-hybridized carbons (Fsp3) is 0.276. The number of carbonyl (C=O) groups is 1. The fourth-order valence-electron chi connectivity index (χ4n) is 5.43. The second kappa shape index (κ2) is 9.56. The predicted octanol–water partition coefficient (Wildman–Crippen LogP) is 6.63. The van der Waals surface area contributed by atoms with Gasteiger partial charge in [-0.2, -0.15) is 0 Å². The molecule has 2 aliphatic rings. The molecule has 0 saturated heterocycles. The van der Waals surface area contributed by atoms with Crippen LogP contribution in [0.2, 0.25) is 5.02 Å². The number of halogens is 1. The number of fused-ring (bicyclic) bond motifs is 5. The van der Waals surface area contributed by atoms with Gasteiger partial charge in [0.1, 0.15) is 10.8 Å². The van der Waals surface area contributed by atoms with Gasteiger partial charge in [0.25, 0.3) is 0 Å². The minimum Gasteiger partial charge on any atom is -0.497 e. The third kappa shape index (κ3) is 4.31. The predicted molar refractivity (Wildman–Crippen MR) is 149 cm³/mol. The Labute approximate surface area is 226 Å². The van der Waals surface area contributed by atoms with Gasteiger partial charge in [-0.15, -0.1) is 11.3 Å². The molecule has 0 saturated carbocycles. The Morgan fingerprint density at radius 3 is 2.81 bits per heavy atom. The molecule has 6 nitrogen and oxygen atoms in total. The molecule has 6 rings (SSSR count). The zero-order chi connectivity index (χ0) is 25.7. The number of likely N-dealkylation sites (N-methyl/N-ethyl adjacent to an activating group) is 1. The smallest absolute Gasteiger partial charge is 0.322 e. The minimum atomic E-state index is -0.300. The van der Waals surface area contributed by atoms with Crippen LogP contribution in [-0.2, 0) is 19.5 Å². The Morgan fingerprint density at radius 2 is 1.97 bits per heavy atom. The maximum absolute atomic E-state index is 14.1. The number of methoxy groups -OCH3 is 1. The van der Waals surface area contributed by atoms with Gasteiger partial charge in [0.2, 0.25) is 0 Å². The molecule has 0 fully saturated rings. The lowest BCUT2D eigenvalue weighted by Crippen LogP contribution is -2.38. The van der Waals surface area contributed by atoms with Crippen LogP contribution >= 0.6 is 22.9 Å². The molecule has 2 amide bonds. The summed E-state index contributed by atoms with van der Waals surface area (Å²) in [5.74, 6) is 0.765. The van der Waals surface area contributed by atoms with E-state index >= 15 is 0 Å². The number of carbonyl (C=O) groups excluding carboxylic acids is 1. The van der Waals surface area contributed by atoms with Gasteiger partial charge in [0, 0.05) is 40.4 Å². The first-order chi connectivity index (χ1) is 17.9. The van der Waals surface area contributed by atoms with E-state index in [9.17, 15) is 4.79 Å². The Bertz CT molecular complexity index is 1490. The number of rotatable bonds is 3. The van der Waals surface area contributed by atoms with Gasteiger partial charge in [0.15, 0.2) is 0 Å². The van der Waals surface area contributed by atoms with E-state index in [1.54, 1.807) is 7.11 Å². The summed E-state index contributed by atoms with van der Waals surface area (Å²) < 4.78 is 7.83. The highest BCUT2D eigenvalue weighted by molar-refractivity contribution is 7.15. The lowest BCUT2D eigenvalue weighted by Gasteiger charge is -2.32. The molecule has 0 radical (unpaired) electrons. The topological polar surface area (TPSA) is 49.7 Å². The number of benzene rings is 2. The van der Waals surface area contributed by atoms with Crippen molar-refractivity contribution in [1.29, 1.82) is 0 Å². The van der Waals surface area contributed by atoms with Crippen LogP contribution in [0.5, 0.6) is 5.75 Å². The van der Waals surface area contributed by atoms with Gasteiger partial charge in [-0.25, -0.2) is 4.79 Å². The number of nitrogens with one attached hydrogen (secondary N) is 1. The quantitative estimate of drug-likeness (QED) is 0.322. The van der Waals surface area contributed by atoms with Crippen molar-refractivity contribution in [2.45, 2.75) is 32.5 Å². The Balaban J connectivity index is 1.51. The number of amides is 2. The van der Waals surface area contributed by atoms with Crippen LogP contribution in [0.15, 0.2) is 60.8 Å². The van der Waals surface area contributed by atoms with Crippen LogP contribution in [0.1, 0.15) is 38.9 Å². The summed E-state index contributed by atoms with van der Waals surface area (Å²) in [7, 11) is 3.84. The molecular weight excluding hydrogens is 504 g/mol. The molecule has 190 valence electrons. The molecular formula is C29H29ClN4O2S. The van der Waals surface area contributed by atoms with Crippen molar-refractivity contribution in [2.75, 3.05) is 26.0 Å². The van der Waals surface area contributed by atoms with Crippen molar-refractivity contribution in [3.63, 3.8) is 0 Å². The molecule has 2 aliphatic heterocycles. The number of ether oxygens (including phenoxy) is 1. The zero-order valence-electron chi connectivity index (χ0n) is 21.1. The lowest BCUT2D eigenvalue weighted by atomic mass is 10.00. The van der Waals surface area contributed by atoms with Crippen molar-refractivity contribution < 1.29 is 9.53 Å². The van der Waals surface area contributed by atoms with Gasteiger partial charge >= 0.3 is 6.03 Å². The second-order valence-electron chi connectivity index (χ2n) is 9.77. The summed E-state index contributed by atoms with van der Waals surface area (Å²) >= 11 is 8.13. The van der Waals surface area contributed by atoms with Crippen LogP contribution in [0.25, 0.3) is 5.00 Å². The zero-order valence-corrected chi connectivity index (χ0v) is 22.7. The molecule has 1 atom stereocenters. The number of hydrogen-bond donors (Lipinski definition) is 1. The Hall–Kier alpha value is -3.26. The van der Waals surface area contributed by atoms with E-state index in [4.69, 9.17) is 16.3 Å². The summed E-state index contributed by atoms with van der Waals surface area (Å²) in [5.41, 5.74) is 6.37. The molecule has 2 aromatic carbocycles. The van der Waals surface area contributed by atoms with E-state index in [1.165, 1.54) is 21.0 Å². The van der Waals surface area contributed by atoms with Crippen LogP contribution in [-0.4, -0.2) is 41.1 Å². The van der Waals surface area contributed by atoms with Crippen LogP contribution < -0.4 is 10.1 Å². The highest BCUT2D eigenvalue weighted by Crippen LogP contribution is 2.44. The summed E-state index contributed by atoms with van der Waals surface area (Å²) in [5, 5.41) is 4.97. The standard InChI is InChI=1S/C29H29ClN4O2S/c1-18-9-10-20(30)15-24(18)31-29(35)34-16-23-22-11-13-32(2)17-26(22)37-28(23)33-12-5-8-25(33)27(34)19-6-4-7-21(14-19)36-3/h4-10,12,14-15,27H,11,13,16-17H2,1-3H3,(H,31,35). The van der Waals surface area contributed by atoms with Gasteiger partial charge in [-0.05, 0) is 73.5 Å². The number of thiophene rings is 1. The summed E-state index contributed by atoms with van der Waals surface area (Å²) in [6, 6.07) is 17.3. The summed E-state index contributed by atoms with van der Waals surface area (Å²) in [6.07, 6.45) is 3.11. The normalized spacial score (nSPS) is 17.0. The first kappa shape index (κ1) is 24.1. The number of urea groups is 1. The van der Waals surface area contributed by atoms with E-state index in [0.717, 1.165) is 47.8 Å². The maximum atomic E-state index is 14.1. The van der Waals surface area contributed by atoms with Gasteiger partial charge in [-0.3, -0.25) is 0 Å². The Kier molecular flexibility index (Phi) is 6.23. The largest absolute Gasteiger partial charge is 0.497 e. The van der Waals surface area contributed by atoms with Crippen molar-refractivity contribution in [3.05, 3.63) is 98.6 Å². The number of anilines is 1. The number of nitrogens with zero attached hydrogens (tertiary/aromatic N) is 3. The molecule has 0 aliphatic carbocycles. The molecule has 1 unspecified atom stereocenters. The first-order valence-corrected chi connectivity index (χ1v) is 13.6. The Morgan fingerprint density at radius 1 is 1.11 bits per heavy atom. The number of hydrogen-bond acceptors (Lipinski definition) is 4. The summed E-state index contributed by atoms with van der Waals surface area (Å²) in [4.78, 5) is 19.8.